The van der Waals surface area contributed by atoms with Crippen LogP contribution in [-0.2, 0) is 0 Å². The number of fused-ring (bicyclic) bond motifs is 2. The molecule has 2 heterocycles. The van der Waals surface area contributed by atoms with Crippen LogP contribution in [0, 0.1) is 11.3 Å². The molecule has 21 heavy (non-hydrogen) atoms. The van der Waals surface area contributed by atoms with Gasteiger partial charge in [-0.25, -0.2) is 9.97 Å². The van der Waals surface area contributed by atoms with Gasteiger partial charge < -0.3 is 25.2 Å². The van der Waals surface area contributed by atoms with Gasteiger partial charge in [-0.05, 0) is 18.4 Å². The van der Waals surface area contributed by atoms with Crippen molar-refractivity contribution in [2.45, 2.75) is 24.7 Å². The topological polar surface area (TPSA) is 103 Å². The molecule has 0 bridgehead atoms. The molecule has 4 N–H and O–H groups in total. The molecule has 7 nitrogen and oxygen atoms in total. The number of anilines is 1. The maximum Gasteiger partial charge on any atom is 0.162 e. The fourth-order valence-corrected chi connectivity index (χ4v) is 3.90. The number of aliphatic hydroxyl groups is 3. The van der Waals surface area contributed by atoms with Crippen molar-refractivity contribution in [3.05, 3.63) is 18.6 Å². The standard InChI is InChI=1S/C14H18N4O3/c1-15-8-2-3-16-13-9(8)17-6-18(13)10-7-4-14(7,5-19)12(21)11(10)20/h2-3,6-7,10-12,19-21H,4-5H2,1H3,(H,15,16)/t7-,10-,11+,12+,14+/m1/s1. The Labute approximate surface area is 121 Å². The minimum absolute atomic E-state index is 0.0601. The van der Waals surface area contributed by atoms with E-state index in [0.29, 0.717) is 5.65 Å². The lowest BCUT2D eigenvalue weighted by Gasteiger charge is -2.23. The molecule has 2 saturated carbocycles. The summed E-state index contributed by atoms with van der Waals surface area (Å²) < 4.78 is 1.83. The molecule has 0 unspecified atom stereocenters. The number of nitrogens with zero attached hydrogens (tertiary/aromatic N) is 3. The maximum atomic E-state index is 10.4. The predicted octanol–water partition coefficient (Wildman–Crippen LogP) is -0.252. The minimum Gasteiger partial charge on any atom is -0.396 e. The van der Waals surface area contributed by atoms with Gasteiger partial charge >= 0.3 is 0 Å². The summed E-state index contributed by atoms with van der Waals surface area (Å²) in [7, 11) is 1.82. The van der Waals surface area contributed by atoms with Crippen LogP contribution in [0.4, 0.5) is 5.69 Å². The first-order valence-electron chi connectivity index (χ1n) is 7.10. The van der Waals surface area contributed by atoms with Crippen LogP contribution in [0.25, 0.3) is 11.2 Å². The summed E-state index contributed by atoms with van der Waals surface area (Å²) in [6, 6.07) is 1.55. The van der Waals surface area contributed by atoms with Crippen LogP contribution in [0.15, 0.2) is 18.6 Å². The molecule has 4 rings (SSSR count). The van der Waals surface area contributed by atoms with Gasteiger partial charge in [0, 0.05) is 18.7 Å². The Hall–Kier alpha value is -1.70. The number of nitrogens with one attached hydrogen (secondary N) is 1. The van der Waals surface area contributed by atoms with E-state index in [4.69, 9.17) is 0 Å². The number of hydrogen-bond donors (Lipinski definition) is 4. The van der Waals surface area contributed by atoms with E-state index in [9.17, 15) is 15.3 Å². The summed E-state index contributed by atoms with van der Waals surface area (Å²) >= 11 is 0. The first kappa shape index (κ1) is 13.0. The monoisotopic (exact) mass is 290 g/mol. The van der Waals surface area contributed by atoms with Crippen molar-refractivity contribution in [2.24, 2.45) is 11.3 Å². The van der Waals surface area contributed by atoms with Crippen LogP contribution in [0.3, 0.4) is 0 Å². The molecular formula is C14H18N4O3. The Morgan fingerprint density at radius 3 is 2.90 bits per heavy atom. The van der Waals surface area contributed by atoms with Gasteiger partial charge in [-0.1, -0.05) is 0 Å². The van der Waals surface area contributed by atoms with E-state index >= 15 is 0 Å². The van der Waals surface area contributed by atoms with Gasteiger partial charge in [0.2, 0.25) is 0 Å². The molecule has 0 aromatic carbocycles. The number of rotatable bonds is 3. The molecule has 0 radical (unpaired) electrons. The second-order valence-electron chi connectivity index (χ2n) is 6.06. The van der Waals surface area contributed by atoms with Gasteiger partial charge in [0.25, 0.3) is 0 Å². The number of imidazole rings is 1. The molecule has 0 amide bonds. The summed E-state index contributed by atoms with van der Waals surface area (Å²) in [6.07, 6.45) is 2.26. The largest absolute Gasteiger partial charge is 0.396 e. The average molecular weight is 290 g/mol. The Morgan fingerprint density at radius 2 is 2.24 bits per heavy atom. The molecule has 2 aliphatic carbocycles. The van der Waals surface area contributed by atoms with Crippen LogP contribution in [0.1, 0.15) is 12.5 Å². The van der Waals surface area contributed by atoms with E-state index in [-0.39, 0.29) is 18.6 Å². The van der Waals surface area contributed by atoms with Crippen LogP contribution in [0.5, 0.6) is 0 Å². The fourth-order valence-electron chi connectivity index (χ4n) is 3.90. The van der Waals surface area contributed by atoms with E-state index in [2.05, 4.69) is 15.3 Å². The number of aliphatic hydroxyl groups excluding tert-OH is 3. The molecule has 2 aliphatic rings. The molecular weight excluding hydrogens is 272 g/mol. The summed E-state index contributed by atoms with van der Waals surface area (Å²) in [5, 5.41) is 33.2. The normalized spacial score (nSPS) is 37.7. The smallest absolute Gasteiger partial charge is 0.162 e. The Balaban J connectivity index is 1.82. The zero-order valence-electron chi connectivity index (χ0n) is 11.6. The van der Waals surface area contributed by atoms with Crippen molar-refractivity contribution in [1.29, 1.82) is 0 Å². The van der Waals surface area contributed by atoms with E-state index < -0.39 is 17.6 Å². The Bertz CT molecular complexity index is 703. The van der Waals surface area contributed by atoms with Crippen LogP contribution in [-0.4, -0.2) is 55.7 Å². The molecule has 0 saturated heterocycles. The predicted molar refractivity (Wildman–Crippen MR) is 75.8 cm³/mol. The lowest BCUT2D eigenvalue weighted by molar-refractivity contribution is -0.0300. The minimum atomic E-state index is -0.909. The van der Waals surface area contributed by atoms with Crippen molar-refractivity contribution in [3.8, 4) is 0 Å². The molecule has 7 heteroatoms. The van der Waals surface area contributed by atoms with Crippen LogP contribution < -0.4 is 5.32 Å². The second kappa shape index (κ2) is 4.16. The molecule has 2 aromatic heterocycles. The first-order valence-corrected chi connectivity index (χ1v) is 7.10. The highest BCUT2D eigenvalue weighted by Crippen LogP contribution is 2.67. The van der Waals surface area contributed by atoms with E-state index in [1.165, 1.54) is 0 Å². The Kier molecular flexibility index (Phi) is 2.57. The highest BCUT2D eigenvalue weighted by Gasteiger charge is 2.71. The number of aromatic nitrogens is 3. The van der Waals surface area contributed by atoms with Crippen LogP contribution in [0.2, 0.25) is 0 Å². The van der Waals surface area contributed by atoms with Gasteiger partial charge in [0.15, 0.2) is 5.65 Å². The van der Waals surface area contributed by atoms with Gasteiger partial charge in [-0.3, -0.25) is 0 Å². The number of pyridine rings is 1. The third-order valence-electron chi connectivity index (χ3n) is 5.20. The molecule has 0 spiro atoms. The third kappa shape index (κ3) is 1.48. The van der Waals surface area contributed by atoms with Gasteiger partial charge in [0.1, 0.15) is 11.6 Å². The molecule has 2 aromatic rings. The van der Waals surface area contributed by atoms with Gasteiger partial charge in [-0.2, -0.15) is 0 Å². The van der Waals surface area contributed by atoms with E-state index in [1.807, 2.05) is 17.7 Å². The maximum absolute atomic E-state index is 10.4. The first-order chi connectivity index (χ1) is 10.1. The van der Waals surface area contributed by atoms with Crippen molar-refractivity contribution < 1.29 is 15.3 Å². The summed E-state index contributed by atoms with van der Waals surface area (Å²) in [5.74, 6) is 0.0601. The van der Waals surface area contributed by atoms with Crippen LogP contribution >= 0.6 is 0 Å². The Morgan fingerprint density at radius 1 is 1.43 bits per heavy atom. The quantitative estimate of drug-likeness (QED) is 0.621. The molecule has 2 fully saturated rings. The SMILES string of the molecule is CNc1ccnc2c1ncn2[C@H]1[C@H](O)[C@H](O)[C@]2(CO)C[C@H]12. The van der Waals surface area contributed by atoms with Gasteiger partial charge in [-0.15, -0.1) is 0 Å². The molecule has 5 atom stereocenters. The second-order valence-corrected chi connectivity index (χ2v) is 6.06. The average Bonchev–Trinajstić information content (AvgIpc) is 3.02. The van der Waals surface area contributed by atoms with Gasteiger partial charge in [0.05, 0.1) is 30.8 Å². The van der Waals surface area contributed by atoms with E-state index in [0.717, 1.165) is 17.6 Å². The van der Waals surface area contributed by atoms with Crippen molar-refractivity contribution in [2.75, 3.05) is 19.0 Å². The third-order valence-corrected chi connectivity index (χ3v) is 5.20. The van der Waals surface area contributed by atoms with E-state index in [1.54, 1.807) is 12.5 Å². The zero-order chi connectivity index (χ0) is 14.8. The lowest BCUT2D eigenvalue weighted by atomic mass is 10.0. The highest BCUT2D eigenvalue weighted by molar-refractivity contribution is 5.85. The van der Waals surface area contributed by atoms with Crippen molar-refractivity contribution >= 4 is 16.9 Å². The zero-order valence-corrected chi connectivity index (χ0v) is 11.6. The van der Waals surface area contributed by atoms with Crippen molar-refractivity contribution in [1.82, 2.24) is 14.5 Å². The summed E-state index contributed by atoms with van der Waals surface area (Å²) in [4.78, 5) is 8.74. The summed E-state index contributed by atoms with van der Waals surface area (Å²) in [5.41, 5.74) is 1.74. The lowest BCUT2D eigenvalue weighted by Crippen LogP contribution is -2.35. The summed E-state index contributed by atoms with van der Waals surface area (Å²) in [6.45, 7) is -0.103. The molecule has 0 aliphatic heterocycles. The fraction of sp³-hybridized carbons (Fsp3) is 0.571. The number of hydrogen-bond acceptors (Lipinski definition) is 6. The highest BCUT2D eigenvalue weighted by atomic mass is 16.3. The van der Waals surface area contributed by atoms with Crippen molar-refractivity contribution in [3.63, 3.8) is 0 Å². The molecule has 112 valence electrons.